The first-order valence-corrected chi connectivity index (χ1v) is 6.95. The van der Waals surface area contributed by atoms with Crippen LogP contribution in [0.15, 0.2) is 0 Å². The van der Waals surface area contributed by atoms with Crippen LogP contribution < -0.4 is 5.32 Å². The van der Waals surface area contributed by atoms with Gasteiger partial charge in [-0.3, -0.25) is 0 Å². The molecule has 0 bridgehead atoms. The summed E-state index contributed by atoms with van der Waals surface area (Å²) in [6.45, 7) is 8.29. The Bertz CT molecular complexity index is 198. The molecule has 0 aliphatic heterocycles. The Morgan fingerprint density at radius 1 is 1.00 bits per heavy atom. The van der Waals surface area contributed by atoms with E-state index in [1.54, 1.807) is 0 Å². The van der Waals surface area contributed by atoms with Gasteiger partial charge in [-0.2, -0.15) is 0 Å². The van der Waals surface area contributed by atoms with Crippen molar-refractivity contribution in [2.45, 2.75) is 58.9 Å². The van der Waals surface area contributed by atoms with Gasteiger partial charge in [0.1, 0.15) is 0 Å². The zero-order valence-corrected chi connectivity index (χ0v) is 10.6. The molecular formula is C14H27N. The maximum Gasteiger partial charge on any atom is 0.0124 e. The summed E-state index contributed by atoms with van der Waals surface area (Å²) >= 11 is 0. The third-order valence-electron chi connectivity index (χ3n) is 4.72. The molecule has 2 rings (SSSR count). The van der Waals surface area contributed by atoms with Gasteiger partial charge in [-0.05, 0) is 55.9 Å². The second-order valence-corrected chi connectivity index (χ2v) is 5.95. The smallest absolute Gasteiger partial charge is 0.0124 e. The van der Waals surface area contributed by atoms with Gasteiger partial charge in [-0.1, -0.05) is 27.2 Å². The summed E-state index contributed by atoms with van der Waals surface area (Å²) in [6.07, 6.45) is 7.37. The molecule has 0 spiro atoms. The first-order chi connectivity index (χ1) is 7.22. The average Bonchev–Trinajstić information content (AvgIpc) is 3.02. The van der Waals surface area contributed by atoms with Gasteiger partial charge in [0.25, 0.3) is 0 Å². The maximum atomic E-state index is 3.75. The number of rotatable bonds is 4. The Kier molecular flexibility index (Phi) is 3.71. The molecule has 1 N–H and O–H groups in total. The predicted octanol–water partition coefficient (Wildman–Crippen LogP) is 3.45. The van der Waals surface area contributed by atoms with Crippen molar-refractivity contribution < 1.29 is 0 Å². The van der Waals surface area contributed by atoms with E-state index in [9.17, 15) is 0 Å². The topological polar surface area (TPSA) is 12.0 Å². The fraction of sp³-hybridized carbons (Fsp3) is 1.00. The molecule has 0 saturated heterocycles. The molecule has 88 valence electrons. The largest absolute Gasteiger partial charge is 0.314 e. The Morgan fingerprint density at radius 2 is 1.67 bits per heavy atom. The normalized spacial score (nSPS) is 39.0. The zero-order chi connectivity index (χ0) is 10.8. The van der Waals surface area contributed by atoms with Crippen LogP contribution in [0.2, 0.25) is 0 Å². The van der Waals surface area contributed by atoms with Crippen molar-refractivity contribution in [3.05, 3.63) is 0 Å². The van der Waals surface area contributed by atoms with E-state index in [0.29, 0.717) is 0 Å². The summed E-state index contributed by atoms with van der Waals surface area (Å²) in [5.74, 6) is 3.91. The van der Waals surface area contributed by atoms with Crippen LogP contribution in [0.5, 0.6) is 0 Å². The first kappa shape index (κ1) is 11.4. The second-order valence-electron chi connectivity index (χ2n) is 5.95. The maximum absolute atomic E-state index is 3.75. The van der Waals surface area contributed by atoms with E-state index >= 15 is 0 Å². The molecule has 2 fully saturated rings. The molecule has 2 saturated carbocycles. The summed E-state index contributed by atoms with van der Waals surface area (Å²) in [5.41, 5.74) is 0. The van der Waals surface area contributed by atoms with Crippen LogP contribution in [-0.4, -0.2) is 12.6 Å². The van der Waals surface area contributed by atoms with Gasteiger partial charge in [-0.25, -0.2) is 0 Å². The van der Waals surface area contributed by atoms with E-state index in [-0.39, 0.29) is 0 Å². The van der Waals surface area contributed by atoms with Gasteiger partial charge in [0.05, 0.1) is 0 Å². The molecule has 0 radical (unpaired) electrons. The van der Waals surface area contributed by atoms with Crippen LogP contribution in [0.1, 0.15) is 52.9 Å². The summed E-state index contributed by atoms with van der Waals surface area (Å²) < 4.78 is 0. The minimum Gasteiger partial charge on any atom is -0.314 e. The van der Waals surface area contributed by atoms with Crippen molar-refractivity contribution in [3.63, 3.8) is 0 Å². The number of nitrogens with one attached hydrogen (secondary N) is 1. The lowest BCUT2D eigenvalue weighted by Gasteiger charge is -2.37. The fourth-order valence-corrected chi connectivity index (χ4v) is 3.32. The molecule has 1 nitrogen and oxygen atoms in total. The first-order valence-electron chi connectivity index (χ1n) is 6.95. The molecule has 4 atom stereocenters. The molecule has 0 amide bonds. The highest BCUT2D eigenvalue weighted by molar-refractivity contribution is 4.93. The fourth-order valence-electron chi connectivity index (χ4n) is 3.32. The van der Waals surface area contributed by atoms with Crippen molar-refractivity contribution in [1.29, 1.82) is 0 Å². The summed E-state index contributed by atoms with van der Waals surface area (Å²) in [5, 5.41) is 3.75. The molecule has 1 heteroatoms. The lowest BCUT2D eigenvalue weighted by atomic mass is 9.72. The Hall–Kier alpha value is -0.0400. The van der Waals surface area contributed by atoms with Gasteiger partial charge in [0.15, 0.2) is 0 Å². The Labute approximate surface area is 95.0 Å². The molecule has 2 aliphatic carbocycles. The SMILES string of the molecule is CCNC(C1CC1)C1CCC(C)C(C)C1. The van der Waals surface area contributed by atoms with Gasteiger partial charge in [0.2, 0.25) is 0 Å². The van der Waals surface area contributed by atoms with Crippen molar-refractivity contribution in [3.8, 4) is 0 Å². The monoisotopic (exact) mass is 209 g/mol. The molecule has 0 aromatic heterocycles. The van der Waals surface area contributed by atoms with Crippen molar-refractivity contribution in [1.82, 2.24) is 5.32 Å². The molecule has 15 heavy (non-hydrogen) atoms. The van der Waals surface area contributed by atoms with Gasteiger partial charge >= 0.3 is 0 Å². The van der Waals surface area contributed by atoms with Crippen LogP contribution >= 0.6 is 0 Å². The Morgan fingerprint density at radius 3 is 2.20 bits per heavy atom. The van der Waals surface area contributed by atoms with E-state index in [4.69, 9.17) is 0 Å². The zero-order valence-electron chi connectivity index (χ0n) is 10.6. The minimum atomic E-state index is 0.852. The van der Waals surface area contributed by atoms with Crippen molar-refractivity contribution in [2.24, 2.45) is 23.7 Å². The number of hydrogen-bond acceptors (Lipinski definition) is 1. The van der Waals surface area contributed by atoms with E-state index in [1.165, 1.54) is 32.1 Å². The molecular weight excluding hydrogens is 182 g/mol. The molecule has 2 aliphatic rings. The lowest BCUT2D eigenvalue weighted by molar-refractivity contribution is 0.162. The van der Waals surface area contributed by atoms with Crippen LogP contribution in [0.3, 0.4) is 0 Å². The molecule has 4 unspecified atom stereocenters. The predicted molar refractivity (Wildman–Crippen MR) is 65.9 cm³/mol. The van der Waals surface area contributed by atoms with Crippen LogP contribution in [0, 0.1) is 23.7 Å². The standard InChI is InChI=1S/C14H27N/c1-4-15-14(12-7-8-12)13-6-5-10(2)11(3)9-13/h10-15H,4-9H2,1-3H3. The number of hydrogen-bond donors (Lipinski definition) is 1. The van der Waals surface area contributed by atoms with E-state index in [0.717, 1.165) is 36.3 Å². The van der Waals surface area contributed by atoms with Gasteiger partial charge < -0.3 is 5.32 Å². The van der Waals surface area contributed by atoms with Crippen LogP contribution in [0.4, 0.5) is 0 Å². The van der Waals surface area contributed by atoms with Crippen LogP contribution in [-0.2, 0) is 0 Å². The quantitative estimate of drug-likeness (QED) is 0.748. The lowest BCUT2D eigenvalue weighted by Crippen LogP contribution is -2.41. The van der Waals surface area contributed by atoms with Crippen molar-refractivity contribution in [2.75, 3.05) is 6.54 Å². The summed E-state index contributed by atoms with van der Waals surface area (Å²) in [6, 6.07) is 0.852. The highest BCUT2D eigenvalue weighted by Gasteiger charge is 2.38. The molecule has 0 aromatic carbocycles. The summed E-state index contributed by atoms with van der Waals surface area (Å²) in [7, 11) is 0. The Balaban J connectivity index is 1.90. The van der Waals surface area contributed by atoms with Gasteiger partial charge in [0, 0.05) is 6.04 Å². The highest BCUT2D eigenvalue weighted by atomic mass is 14.9. The molecule has 0 heterocycles. The molecule has 0 aromatic rings. The third kappa shape index (κ3) is 2.75. The minimum absolute atomic E-state index is 0.852. The van der Waals surface area contributed by atoms with Crippen LogP contribution in [0.25, 0.3) is 0 Å². The van der Waals surface area contributed by atoms with E-state index in [2.05, 4.69) is 26.1 Å². The average molecular weight is 209 g/mol. The van der Waals surface area contributed by atoms with E-state index in [1.807, 2.05) is 0 Å². The summed E-state index contributed by atoms with van der Waals surface area (Å²) in [4.78, 5) is 0. The second kappa shape index (κ2) is 4.86. The van der Waals surface area contributed by atoms with E-state index < -0.39 is 0 Å². The van der Waals surface area contributed by atoms with Gasteiger partial charge in [-0.15, -0.1) is 0 Å². The highest BCUT2D eigenvalue weighted by Crippen LogP contribution is 2.42. The van der Waals surface area contributed by atoms with Crippen molar-refractivity contribution >= 4 is 0 Å². The third-order valence-corrected chi connectivity index (χ3v) is 4.72.